The van der Waals surface area contributed by atoms with E-state index in [1.54, 1.807) is 11.3 Å². The summed E-state index contributed by atoms with van der Waals surface area (Å²) in [6.45, 7) is 2.28. The van der Waals surface area contributed by atoms with Crippen LogP contribution >= 0.6 is 11.3 Å². The second-order valence-corrected chi connectivity index (χ2v) is 8.17. The second kappa shape index (κ2) is 7.19. The fourth-order valence-electron chi connectivity index (χ4n) is 3.82. The summed E-state index contributed by atoms with van der Waals surface area (Å²) in [5.41, 5.74) is 2.39. The zero-order valence-corrected chi connectivity index (χ0v) is 16.0. The van der Waals surface area contributed by atoms with Crippen molar-refractivity contribution < 1.29 is 9.84 Å². The van der Waals surface area contributed by atoms with E-state index in [2.05, 4.69) is 34.5 Å². The number of anilines is 1. The monoisotopic (exact) mass is 381 g/mol. The number of fused-ring (bicyclic) bond motifs is 1. The third-order valence-corrected chi connectivity index (χ3v) is 6.29. The average molecular weight is 382 g/mol. The molecular weight excluding hydrogens is 358 g/mol. The van der Waals surface area contributed by atoms with Crippen LogP contribution in [-0.4, -0.2) is 47.5 Å². The lowest BCUT2D eigenvalue weighted by atomic mass is 10.0. The Kier molecular flexibility index (Phi) is 4.55. The first-order valence-electron chi connectivity index (χ1n) is 9.65. The molecule has 0 radical (unpaired) electrons. The molecule has 0 bridgehead atoms. The Labute approximate surface area is 162 Å². The van der Waals surface area contributed by atoms with E-state index < -0.39 is 0 Å². The first-order chi connectivity index (χ1) is 13.3. The molecule has 2 aliphatic rings. The SMILES string of the molecule is OCC[C@@H]1COCCN1c1nc(C2CC2)nc2scc(-c3ccccc3)c12. The summed E-state index contributed by atoms with van der Waals surface area (Å²) in [7, 11) is 0. The van der Waals surface area contributed by atoms with Crippen LogP contribution in [0.15, 0.2) is 35.7 Å². The van der Waals surface area contributed by atoms with Crippen LogP contribution < -0.4 is 4.90 Å². The number of morpholine rings is 1. The highest BCUT2D eigenvalue weighted by atomic mass is 32.1. The topological polar surface area (TPSA) is 58.5 Å². The average Bonchev–Trinajstić information content (AvgIpc) is 3.48. The molecule has 1 saturated carbocycles. The van der Waals surface area contributed by atoms with Crippen molar-refractivity contribution in [3.63, 3.8) is 0 Å². The fourth-order valence-corrected chi connectivity index (χ4v) is 4.77. The van der Waals surface area contributed by atoms with Gasteiger partial charge in [-0.1, -0.05) is 30.3 Å². The Hall–Kier alpha value is -2.02. The second-order valence-electron chi connectivity index (χ2n) is 7.31. The van der Waals surface area contributed by atoms with E-state index >= 15 is 0 Å². The van der Waals surface area contributed by atoms with Crippen molar-refractivity contribution in [1.82, 2.24) is 9.97 Å². The summed E-state index contributed by atoms with van der Waals surface area (Å²) in [5, 5.41) is 12.9. The van der Waals surface area contributed by atoms with Gasteiger partial charge in [-0.25, -0.2) is 9.97 Å². The number of thiophene rings is 1. The van der Waals surface area contributed by atoms with Crippen LogP contribution in [0.2, 0.25) is 0 Å². The molecule has 140 valence electrons. The van der Waals surface area contributed by atoms with Crippen LogP contribution in [0.1, 0.15) is 31.0 Å². The highest BCUT2D eigenvalue weighted by Gasteiger charge is 2.32. The highest BCUT2D eigenvalue weighted by Crippen LogP contribution is 2.44. The third-order valence-electron chi connectivity index (χ3n) is 5.42. The van der Waals surface area contributed by atoms with Gasteiger partial charge in [0.15, 0.2) is 0 Å². The van der Waals surface area contributed by atoms with Crippen LogP contribution in [0.4, 0.5) is 5.82 Å². The van der Waals surface area contributed by atoms with E-state index in [4.69, 9.17) is 14.7 Å². The molecule has 0 unspecified atom stereocenters. The van der Waals surface area contributed by atoms with Gasteiger partial charge in [-0.3, -0.25) is 0 Å². The lowest BCUT2D eigenvalue weighted by Gasteiger charge is -2.37. The first kappa shape index (κ1) is 17.1. The molecule has 6 heteroatoms. The molecule has 1 saturated heterocycles. The Morgan fingerprint density at radius 1 is 1.19 bits per heavy atom. The number of benzene rings is 1. The summed E-state index contributed by atoms with van der Waals surface area (Å²) in [5.74, 6) is 2.50. The third kappa shape index (κ3) is 3.22. The minimum atomic E-state index is 0.150. The molecular formula is C21H23N3O2S. The molecule has 27 heavy (non-hydrogen) atoms. The van der Waals surface area contributed by atoms with Crippen molar-refractivity contribution in [2.45, 2.75) is 31.2 Å². The van der Waals surface area contributed by atoms with Gasteiger partial charge in [0, 0.05) is 30.0 Å². The van der Waals surface area contributed by atoms with E-state index in [0.29, 0.717) is 25.6 Å². The summed E-state index contributed by atoms with van der Waals surface area (Å²) < 4.78 is 5.69. The number of aliphatic hydroxyl groups is 1. The van der Waals surface area contributed by atoms with Crippen molar-refractivity contribution in [2.24, 2.45) is 0 Å². The number of rotatable bonds is 5. The molecule has 2 aromatic heterocycles. The van der Waals surface area contributed by atoms with Gasteiger partial charge in [-0.15, -0.1) is 11.3 Å². The van der Waals surface area contributed by atoms with Crippen LogP contribution in [0, 0.1) is 0 Å². The lowest BCUT2D eigenvalue weighted by molar-refractivity contribution is 0.0847. The van der Waals surface area contributed by atoms with E-state index in [0.717, 1.165) is 28.4 Å². The number of ether oxygens (including phenoxy) is 1. The minimum Gasteiger partial charge on any atom is -0.396 e. The molecule has 2 fully saturated rings. The largest absolute Gasteiger partial charge is 0.396 e. The minimum absolute atomic E-state index is 0.150. The smallest absolute Gasteiger partial charge is 0.142 e. The number of hydrogen-bond acceptors (Lipinski definition) is 6. The molecule has 0 amide bonds. The Morgan fingerprint density at radius 2 is 2.04 bits per heavy atom. The number of hydrogen-bond donors (Lipinski definition) is 1. The predicted octanol–water partition coefficient (Wildman–Crippen LogP) is 3.82. The summed E-state index contributed by atoms with van der Waals surface area (Å²) in [4.78, 5) is 13.4. The molecule has 3 heterocycles. The molecule has 1 atom stereocenters. The Morgan fingerprint density at radius 3 is 2.81 bits per heavy atom. The molecule has 1 aromatic carbocycles. The highest BCUT2D eigenvalue weighted by molar-refractivity contribution is 7.17. The molecule has 1 aliphatic carbocycles. The summed E-state index contributed by atoms with van der Waals surface area (Å²) >= 11 is 1.70. The van der Waals surface area contributed by atoms with Crippen molar-refractivity contribution in [2.75, 3.05) is 31.3 Å². The fraction of sp³-hybridized carbons (Fsp3) is 0.429. The van der Waals surface area contributed by atoms with Crippen LogP contribution in [0.3, 0.4) is 0 Å². The van der Waals surface area contributed by atoms with Gasteiger partial charge in [0.2, 0.25) is 0 Å². The van der Waals surface area contributed by atoms with Crippen LogP contribution in [-0.2, 0) is 4.74 Å². The molecule has 5 rings (SSSR count). The van der Waals surface area contributed by atoms with Crippen molar-refractivity contribution in [3.05, 3.63) is 41.5 Å². The van der Waals surface area contributed by atoms with Gasteiger partial charge < -0.3 is 14.7 Å². The van der Waals surface area contributed by atoms with Gasteiger partial charge in [0.05, 0.1) is 24.6 Å². The zero-order valence-electron chi connectivity index (χ0n) is 15.2. The molecule has 5 nitrogen and oxygen atoms in total. The van der Waals surface area contributed by atoms with Crippen molar-refractivity contribution in [3.8, 4) is 11.1 Å². The van der Waals surface area contributed by atoms with Gasteiger partial charge in [-0.05, 0) is 24.8 Å². The van der Waals surface area contributed by atoms with Gasteiger partial charge in [0.25, 0.3) is 0 Å². The van der Waals surface area contributed by atoms with Crippen molar-refractivity contribution in [1.29, 1.82) is 0 Å². The standard InChI is InChI=1S/C21H23N3O2S/c25-10-8-16-12-26-11-9-24(16)20-18-17(14-4-2-1-3-5-14)13-27-21(18)23-19(22-20)15-6-7-15/h1-5,13,15-16,25H,6-12H2/t16-/m1/s1. The Bertz CT molecular complexity index is 937. The van der Waals surface area contributed by atoms with Crippen LogP contribution in [0.5, 0.6) is 0 Å². The maximum Gasteiger partial charge on any atom is 0.142 e. The summed E-state index contributed by atoms with van der Waals surface area (Å²) in [6.07, 6.45) is 3.06. The van der Waals surface area contributed by atoms with Gasteiger partial charge in [0.1, 0.15) is 16.5 Å². The first-order valence-corrected chi connectivity index (χ1v) is 10.5. The van der Waals surface area contributed by atoms with Gasteiger partial charge in [-0.2, -0.15) is 0 Å². The normalized spacial score (nSPS) is 20.3. The van der Waals surface area contributed by atoms with E-state index in [1.165, 1.54) is 24.0 Å². The lowest BCUT2D eigenvalue weighted by Crippen LogP contribution is -2.46. The number of aromatic nitrogens is 2. The van der Waals surface area contributed by atoms with Gasteiger partial charge >= 0.3 is 0 Å². The molecule has 1 aliphatic heterocycles. The predicted molar refractivity (Wildman–Crippen MR) is 108 cm³/mol. The quantitative estimate of drug-likeness (QED) is 0.728. The maximum absolute atomic E-state index is 9.53. The molecule has 0 spiro atoms. The molecule has 1 N–H and O–H groups in total. The van der Waals surface area contributed by atoms with E-state index in [1.807, 2.05) is 6.07 Å². The van der Waals surface area contributed by atoms with Crippen molar-refractivity contribution >= 4 is 27.4 Å². The van der Waals surface area contributed by atoms with E-state index in [-0.39, 0.29) is 12.6 Å². The number of nitrogens with zero attached hydrogens (tertiary/aromatic N) is 3. The molecule has 3 aromatic rings. The Balaban J connectivity index is 1.69. The number of aliphatic hydroxyl groups excluding tert-OH is 1. The van der Waals surface area contributed by atoms with Crippen LogP contribution in [0.25, 0.3) is 21.3 Å². The van der Waals surface area contributed by atoms with E-state index in [9.17, 15) is 5.11 Å². The maximum atomic E-state index is 9.53. The summed E-state index contributed by atoms with van der Waals surface area (Å²) in [6, 6.07) is 10.6. The zero-order chi connectivity index (χ0) is 18.2.